The summed E-state index contributed by atoms with van der Waals surface area (Å²) in [5.41, 5.74) is 2.00. The quantitative estimate of drug-likeness (QED) is 0.785. The molecule has 1 amide bonds. The Hall–Kier alpha value is -2.33. The fourth-order valence-electron chi connectivity index (χ4n) is 2.46. The van der Waals surface area contributed by atoms with E-state index < -0.39 is 11.7 Å². The van der Waals surface area contributed by atoms with Crippen molar-refractivity contribution in [1.29, 1.82) is 0 Å². The van der Waals surface area contributed by atoms with Crippen LogP contribution in [-0.2, 0) is 17.8 Å². The summed E-state index contributed by atoms with van der Waals surface area (Å²) in [4.78, 5) is 11.8. The highest BCUT2D eigenvalue weighted by molar-refractivity contribution is 5.84. The smallest absolute Gasteiger partial charge is 0.411 e. The Kier molecular flexibility index (Phi) is 6.38. The third kappa shape index (κ3) is 5.39. The van der Waals surface area contributed by atoms with Crippen LogP contribution in [0.5, 0.6) is 0 Å². The van der Waals surface area contributed by atoms with Crippen LogP contribution in [0.15, 0.2) is 54.6 Å². The molecule has 24 heavy (non-hydrogen) atoms. The number of hydrogen-bond donors (Lipinski definition) is 2. The van der Waals surface area contributed by atoms with E-state index in [0.717, 1.165) is 24.0 Å². The predicted molar refractivity (Wildman–Crippen MR) is 95.9 cm³/mol. The zero-order valence-electron chi connectivity index (χ0n) is 14.3. The van der Waals surface area contributed by atoms with Gasteiger partial charge in [0.15, 0.2) is 0 Å². The van der Waals surface area contributed by atoms with Crippen LogP contribution in [0, 0.1) is 0 Å². The molecular formula is C20H25NO3. The van der Waals surface area contributed by atoms with Gasteiger partial charge >= 0.3 is 6.09 Å². The van der Waals surface area contributed by atoms with Crippen molar-refractivity contribution >= 4 is 11.8 Å². The Morgan fingerprint density at radius 2 is 1.62 bits per heavy atom. The van der Waals surface area contributed by atoms with Crippen LogP contribution in [0.4, 0.5) is 10.5 Å². The first kappa shape index (κ1) is 18.0. The Morgan fingerprint density at radius 1 is 1.00 bits per heavy atom. The monoisotopic (exact) mass is 327 g/mol. The van der Waals surface area contributed by atoms with Crippen molar-refractivity contribution in [3.05, 3.63) is 65.7 Å². The molecule has 0 heterocycles. The van der Waals surface area contributed by atoms with E-state index in [0.29, 0.717) is 12.1 Å². The molecule has 0 spiro atoms. The second-order valence-corrected chi connectivity index (χ2v) is 5.99. The maximum atomic E-state index is 11.8. The zero-order valence-corrected chi connectivity index (χ0v) is 14.3. The van der Waals surface area contributed by atoms with Gasteiger partial charge in [0.05, 0.1) is 5.60 Å². The van der Waals surface area contributed by atoms with Gasteiger partial charge < -0.3 is 9.84 Å². The molecule has 0 aromatic heterocycles. The van der Waals surface area contributed by atoms with E-state index in [1.165, 1.54) is 0 Å². The molecule has 0 atom stereocenters. The van der Waals surface area contributed by atoms with Crippen LogP contribution in [0.2, 0.25) is 0 Å². The third-order valence-electron chi connectivity index (χ3n) is 4.26. The van der Waals surface area contributed by atoms with Gasteiger partial charge in [-0.3, -0.25) is 5.32 Å². The van der Waals surface area contributed by atoms with E-state index in [1.54, 1.807) is 0 Å². The maximum absolute atomic E-state index is 11.8. The summed E-state index contributed by atoms with van der Waals surface area (Å²) in [6, 6.07) is 17.0. The maximum Gasteiger partial charge on any atom is 0.411 e. The predicted octanol–water partition coefficient (Wildman–Crippen LogP) is 4.53. The van der Waals surface area contributed by atoms with Crippen molar-refractivity contribution in [3.63, 3.8) is 0 Å². The van der Waals surface area contributed by atoms with Gasteiger partial charge in [-0.05, 0) is 36.1 Å². The van der Waals surface area contributed by atoms with E-state index in [4.69, 9.17) is 4.74 Å². The van der Waals surface area contributed by atoms with Crippen LogP contribution in [0.25, 0.3) is 0 Å². The molecule has 0 unspecified atom stereocenters. The fraction of sp³-hybridized carbons (Fsp3) is 0.350. The molecule has 0 saturated heterocycles. The lowest BCUT2D eigenvalue weighted by atomic mass is 9.89. The first-order chi connectivity index (χ1) is 11.5. The van der Waals surface area contributed by atoms with E-state index in [-0.39, 0.29) is 6.61 Å². The van der Waals surface area contributed by atoms with Gasteiger partial charge in [0.2, 0.25) is 0 Å². The van der Waals surface area contributed by atoms with E-state index in [2.05, 4.69) is 5.32 Å². The number of carbonyl (C=O) groups is 1. The van der Waals surface area contributed by atoms with Gasteiger partial charge in [0.25, 0.3) is 0 Å². The van der Waals surface area contributed by atoms with E-state index in [9.17, 15) is 9.90 Å². The molecule has 0 aliphatic rings. The number of nitrogens with one attached hydrogen (secondary N) is 1. The molecule has 0 saturated carbocycles. The van der Waals surface area contributed by atoms with Gasteiger partial charge in [0.1, 0.15) is 6.61 Å². The molecule has 0 aliphatic carbocycles. The van der Waals surface area contributed by atoms with Gasteiger partial charge in [-0.15, -0.1) is 0 Å². The third-order valence-corrected chi connectivity index (χ3v) is 4.26. The average Bonchev–Trinajstić information content (AvgIpc) is 2.62. The molecule has 0 fully saturated rings. The summed E-state index contributed by atoms with van der Waals surface area (Å²) >= 11 is 0. The van der Waals surface area contributed by atoms with Crippen molar-refractivity contribution in [1.82, 2.24) is 0 Å². The Morgan fingerprint density at radius 3 is 2.21 bits per heavy atom. The van der Waals surface area contributed by atoms with Crippen molar-refractivity contribution in [2.75, 3.05) is 5.32 Å². The fourth-order valence-corrected chi connectivity index (χ4v) is 2.46. The minimum atomic E-state index is -0.663. The molecule has 2 rings (SSSR count). The molecule has 0 bridgehead atoms. The highest BCUT2D eigenvalue weighted by Crippen LogP contribution is 2.22. The topological polar surface area (TPSA) is 58.6 Å². The zero-order chi connectivity index (χ0) is 17.4. The number of aliphatic hydroxyl groups is 1. The molecule has 0 aliphatic heterocycles. The number of amides is 1. The van der Waals surface area contributed by atoms with Gasteiger partial charge in [-0.25, -0.2) is 4.79 Å². The summed E-state index contributed by atoms with van der Waals surface area (Å²) in [6.45, 7) is 4.22. The molecule has 2 N–H and O–H groups in total. The molecule has 2 aromatic rings. The lowest BCUT2D eigenvalue weighted by Gasteiger charge is -2.25. The Labute approximate surface area is 143 Å². The normalized spacial score (nSPS) is 11.1. The molecule has 128 valence electrons. The number of hydrogen-bond acceptors (Lipinski definition) is 3. The SMILES string of the molecule is CCC(O)(CC)Cc1ccc(NC(=O)OCc2ccccc2)cc1. The summed E-state index contributed by atoms with van der Waals surface area (Å²) in [6.07, 6.45) is 1.56. The molecular weight excluding hydrogens is 302 g/mol. The van der Waals surface area contributed by atoms with Crippen molar-refractivity contribution < 1.29 is 14.6 Å². The second kappa shape index (κ2) is 8.50. The Bertz CT molecular complexity index is 634. The minimum Gasteiger partial charge on any atom is -0.444 e. The highest BCUT2D eigenvalue weighted by atomic mass is 16.5. The summed E-state index contributed by atoms with van der Waals surface area (Å²) < 4.78 is 5.19. The average molecular weight is 327 g/mol. The second-order valence-electron chi connectivity index (χ2n) is 5.99. The summed E-state index contributed by atoms with van der Waals surface area (Å²) in [7, 11) is 0. The molecule has 4 heteroatoms. The van der Waals surface area contributed by atoms with Crippen LogP contribution in [0.1, 0.15) is 37.8 Å². The number of rotatable bonds is 7. The van der Waals surface area contributed by atoms with Crippen molar-refractivity contribution in [2.45, 2.75) is 45.3 Å². The van der Waals surface area contributed by atoms with Crippen LogP contribution in [-0.4, -0.2) is 16.8 Å². The standard InChI is InChI=1S/C20H25NO3/c1-3-20(23,4-2)14-16-10-12-18(13-11-16)21-19(22)24-15-17-8-6-5-7-9-17/h5-13,23H,3-4,14-15H2,1-2H3,(H,21,22). The highest BCUT2D eigenvalue weighted by Gasteiger charge is 2.22. The summed E-state index contributed by atoms with van der Waals surface area (Å²) in [5.74, 6) is 0. The number of anilines is 1. The van der Waals surface area contributed by atoms with Crippen LogP contribution < -0.4 is 5.32 Å². The van der Waals surface area contributed by atoms with Crippen LogP contribution in [0.3, 0.4) is 0 Å². The Balaban J connectivity index is 1.86. The molecule has 0 radical (unpaired) electrons. The largest absolute Gasteiger partial charge is 0.444 e. The summed E-state index contributed by atoms with van der Waals surface area (Å²) in [5, 5.41) is 13.1. The molecule has 2 aromatic carbocycles. The number of carbonyl (C=O) groups excluding carboxylic acids is 1. The van der Waals surface area contributed by atoms with Gasteiger partial charge in [-0.1, -0.05) is 56.3 Å². The van der Waals surface area contributed by atoms with E-state index in [1.807, 2.05) is 68.4 Å². The number of ether oxygens (including phenoxy) is 1. The minimum absolute atomic E-state index is 0.241. The van der Waals surface area contributed by atoms with Gasteiger partial charge in [0, 0.05) is 12.1 Å². The lowest BCUT2D eigenvalue weighted by Crippen LogP contribution is -2.29. The lowest BCUT2D eigenvalue weighted by molar-refractivity contribution is 0.0326. The first-order valence-corrected chi connectivity index (χ1v) is 8.33. The molecule has 4 nitrogen and oxygen atoms in total. The number of benzene rings is 2. The van der Waals surface area contributed by atoms with Crippen molar-refractivity contribution in [3.8, 4) is 0 Å². The van der Waals surface area contributed by atoms with Crippen LogP contribution >= 0.6 is 0 Å². The first-order valence-electron chi connectivity index (χ1n) is 8.33. The van der Waals surface area contributed by atoms with E-state index >= 15 is 0 Å². The van der Waals surface area contributed by atoms with Gasteiger partial charge in [-0.2, -0.15) is 0 Å². The van der Waals surface area contributed by atoms with Crippen molar-refractivity contribution in [2.24, 2.45) is 0 Å².